The molecule has 0 radical (unpaired) electrons. The summed E-state index contributed by atoms with van der Waals surface area (Å²) in [7, 11) is -1.51. The summed E-state index contributed by atoms with van der Waals surface area (Å²) in [6.45, 7) is -0.514. The van der Waals surface area contributed by atoms with Crippen LogP contribution in [0.25, 0.3) is 0 Å². The predicted octanol–water partition coefficient (Wildman–Crippen LogP) is 2.78. The monoisotopic (exact) mass is 408 g/mol. The van der Waals surface area contributed by atoms with Gasteiger partial charge in [-0.2, -0.15) is 5.26 Å². The highest BCUT2D eigenvalue weighted by atomic mass is 35.5. The molecular weight excluding hydrogens is 392 g/mol. The van der Waals surface area contributed by atoms with Crippen molar-refractivity contribution in [1.82, 2.24) is 0 Å². The lowest BCUT2D eigenvalue weighted by molar-refractivity contribution is -0.138. The lowest BCUT2D eigenvalue weighted by atomic mass is 10.1. The molecule has 0 heterocycles. The summed E-state index contributed by atoms with van der Waals surface area (Å²) in [6, 6.07) is 12.3. The van der Waals surface area contributed by atoms with Crippen molar-refractivity contribution < 1.29 is 22.7 Å². The highest BCUT2D eigenvalue weighted by Crippen LogP contribution is 2.30. The lowest BCUT2D eigenvalue weighted by Gasteiger charge is -2.23. The van der Waals surface area contributed by atoms with Gasteiger partial charge in [-0.15, -0.1) is 0 Å². The van der Waals surface area contributed by atoms with Crippen molar-refractivity contribution in [2.45, 2.75) is 11.3 Å². The molecule has 0 atom stereocenters. The molecule has 0 amide bonds. The van der Waals surface area contributed by atoms with Gasteiger partial charge in [0, 0.05) is 0 Å². The molecule has 27 heavy (non-hydrogen) atoms. The van der Waals surface area contributed by atoms with Crippen LogP contribution in [0.2, 0.25) is 5.02 Å². The van der Waals surface area contributed by atoms with Crippen molar-refractivity contribution >= 4 is 33.3 Å². The number of nitriles is 1. The second-order valence-electron chi connectivity index (χ2n) is 5.39. The molecule has 0 aliphatic carbocycles. The molecule has 0 aliphatic rings. The number of hydrogen-bond acceptors (Lipinski definition) is 6. The van der Waals surface area contributed by atoms with E-state index in [1.54, 1.807) is 12.1 Å². The van der Waals surface area contributed by atoms with E-state index >= 15 is 0 Å². The van der Waals surface area contributed by atoms with Crippen molar-refractivity contribution in [2.75, 3.05) is 25.1 Å². The highest BCUT2D eigenvalue weighted by Gasteiger charge is 2.28. The number of anilines is 1. The molecule has 142 valence electrons. The van der Waals surface area contributed by atoms with Gasteiger partial charge in [0.15, 0.2) is 0 Å². The molecule has 2 aromatic rings. The Hall–Kier alpha value is -2.76. The van der Waals surface area contributed by atoms with Gasteiger partial charge in [-0.05, 0) is 35.9 Å². The van der Waals surface area contributed by atoms with Crippen molar-refractivity contribution in [3.05, 3.63) is 53.1 Å². The van der Waals surface area contributed by atoms with Gasteiger partial charge in [0.1, 0.15) is 12.3 Å². The van der Waals surface area contributed by atoms with Crippen molar-refractivity contribution in [3.8, 4) is 11.8 Å². The molecule has 0 fully saturated rings. The first-order valence-corrected chi connectivity index (χ1v) is 9.54. The quantitative estimate of drug-likeness (QED) is 0.653. The van der Waals surface area contributed by atoms with Crippen LogP contribution < -0.4 is 9.04 Å². The molecule has 2 aromatic carbocycles. The summed E-state index contributed by atoms with van der Waals surface area (Å²) in [5.41, 5.74) is 0.984. The number of hydrogen-bond donors (Lipinski definition) is 0. The first kappa shape index (κ1) is 20.6. The third-order valence-corrected chi connectivity index (χ3v) is 5.78. The summed E-state index contributed by atoms with van der Waals surface area (Å²) in [4.78, 5) is 11.7. The Balaban J connectivity index is 2.50. The fourth-order valence-corrected chi connectivity index (χ4v) is 4.06. The molecular formula is C18H17ClN2O5S. The van der Waals surface area contributed by atoms with E-state index in [2.05, 4.69) is 4.74 Å². The number of carbonyl (C=O) groups is 1. The van der Waals surface area contributed by atoms with Crippen molar-refractivity contribution in [2.24, 2.45) is 0 Å². The number of sulfonamides is 1. The second-order valence-corrected chi connectivity index (χ2v) is 7.66. The maximum atomic E-state index is 13.1. The zero-order valence-electron chi connectivity index (χ0n) is 14.7. The Morgan fingerprint density at radius 3 is 2.37 bits per heavy atom. The Morgan fingerprint density at radius 1 is 1.19 bits per heavy atom. The average Bonchev–Trinajstić information content (AvgIpc) is 2.66. The van der Waals surface area contributed by atoms with E-state index in [1.165, 1.54) is 44.6 Å². The predicted molar refractivity (Wildman–Crippen MR) is 100 cm³/mol. The fraction of sp³-hybridized carbons (Fsp3) is 0.222. The highest BCUT2D eigenvalue weighted by molar-refractivity contribution is 7.92. The van der Waals surface area contributed by atoms with Crippen LogP contribution >= 0.6 is 11.6 Å². The average molecular weight is 409 g/mol. The smallest absolute Gasteiger partial charge is 0.326 e. The molecule has 0 spiro atoms. The largest absolute Gasteiger partial charge is 0.495 e. The van der Waals surface area contributed by atoms with E-state index in [9.17, 15) is 13.2 Å². The van der Waals surface area contributed by atoms with Crippen LogP contribution in [-0.2, 0) is 26.0 Å². The molecule has 0 unspecified atom stereocenters. The van der Waals surface area contributed by atoms with Gasteiger partial charge in [-0.1, -0.05) is 23.7 Å². The number of halogens is 1. The molecule has 2 rings (SSSR count). The minimum absolute atomic E-state index is 0.0988. The van der Waals surface area contributed by atoms with Gasteiger partial charge < -0.3 is 9.47 Å². The molecule has 9 heteroatoms. The number of benzene rings is 2. The summed E-state index contributed by atoms with van der Waals surface area (Å²) >= 11 is 6.04. The summed E-state index contributed by atoms with van der Waals surface area (Å²) in [5, 5.41) is 8.88. The summed E-state index contributed by atoms with van der Waals surface area (Å²) in [5.74, 6) is -0.393. The summed E-state index contributed by atoms with van der Waals surface area (Å²) < 4.78 is 36.8. The zero-order valence-corrected chi connectivity index (χ0v) is 16.2. The number of rotatable bonds is 7. The number of esters is 1. The molecule has 0 bridgehead atoms. The Kier molecular flexibility index (Phi) is 6.66. The maximum absolute atomic E-state index is 13.1. The van der Waals surface area contributed by atoms with E-state index in [4.69, 9.17) is 21.6 Å². The van der Waals surface area contributed by atoms with Crippen molar-refractivity contribution in [3.63, 3.8) is 0 Å². The van der Waals surface area contributed by atoms with Crippen LogP contribution in [0.3, 0.4) is 0 Å². The molecule has 0 saturated heterocycles. The topological polar surface area (TPSA) is 96.7 Å². The first-order chi connectivity index (χ1) is 12.8. The number of methoxy groups -OCH3 is 2. The standard InChI is InChI=1S/C18H17ClN2O5S/c1-25-17-8-7-15(11-16(17)19)27(23,24)21(12-18(22)26-2)14-5-3-13(4-6-14)9-10-20/h3-8,11H,9,12H2,1-2H3. The molecule has 0 saturated carbocycles. The van der Waals surface area contributed by atoms with Gasteiger partial charge in [0.25, 0.3) is 10.0 Å². The lowest BCUT2D eigenvalue weighted by Crippen LogP contribution is -2.36. The van der Waals surface area contributed by atoms with E-state index in [0.717, 1.165) is 9.87 Å². The van der Waals surface area contributed by atoms with Gasteiger partial charge in [-0.3, -0.25) is 9.10 Å². The van der Waals surface area contributed by atoms with Gasteiger partial charge in [0.05, 0.1) is 42.3 Å². The second kappa shape index (κ2) is 8.75. The molecule has 0 aromatic heterocycles. The Morgan fingerprint density at radius 2 is 1.85 bits per heavy atom. The third kappa shape index (κ3) is 4.70. The number of carbonyl (C=O) groups excluding carboxylic acids is 1. The van der Waals surface area contributed by atoms with Crippen LogP contribution in [0.1, 0.15) is 5.56 Å². The Bertz CT molecular complexity index is 968. The number of ether oxygens (including phenoxy) is 2. The molecule has 0 N–H and O–H groups in total. The van der Waals surface area contributed by atoms with Crippen LogP contribution in [0, 0.1) is 11.3 Å². The minimum atomic E-state index is -4.10. The molecule has 0 aliphatic heterocycles. The van der Waals surface area contributed by atoms with Crippen LogP contribution in [0.5, 0.6) is 5.75 Å². The normalized spacial score (nSPS) is 10.7. The zero-order chi connectivity index (χ0) is 20.0. The maximum Gasteiger partial charge on any atom is 0.326 e. The number of nitrogens with zero attached hydrogens (tertiary/aromatic N) is 2. The third-order valence-electron chi connectivity index (χ3n) is 3.72. The van der Waals surface area contributed by atoms with E-state index in [0.29, 0.717) is 5.75 Å². The summed E-state index contributed by atoms with van der Waals surface area (Å²) in [6.07, 6.45) is 0.193. The first-order valence-electron chi connectivity index (χ1n) is 7.72. The van der Waals surface area contributed by atoms with Gasteiger partial charge in [0.2, 0.25) is 0 Å². The minimum Gasteiger partial charge on any atom is -0.495 e. The van der Waals surface area contributed by atoms with Gasteiger partial charge >= 0.3 is 5.97 Å². The van der Waals surface area contributed by atoms with Crippen LogP contribution in [-0.4, -0.2) is 35.2 Å². The van der Waals surface area contributed by atoms with Crippen LogP contribution in [0.15, 0.2) is 47.4 Å². The molecule has 7 nitrogen and oxygen atoms in total. The SMILES string of the molecule is COC(=O)CN(c1ccc(CC#N)cc1)S(=O)(=O)c1ccc(OC)c(Cl)c1. The van der Waals surface area contributed by atoms with E-state index in [-0.39, 0.29) is 22.0 Å². The van der Waals surface area contributed by atoms with E-state index in [1.807, 2.05) is 6.07 Å². The Labute approximate surface area is 162 Å². The van der Waals surface area contributed by atoms with Gasteiger partial charge in [-0.25, -0.2) is 8.42 Å². The van der Waals surface area contributed by atoms with Crippen molar-refractivity contribution in [1.29, 1.82) is 5.26 Å². The fourth-order valence-electron chi connectivity index (χ4n) is 2.30. The van der Waals surface area contributed by atoms with E-state index < -0.39 is 22.5 Å². The van der Waals surface area contributed by atoms with Crippen LogP contribution in [0.4, 0.5) is 5.69 Å².